The highest BCUT2D eigenvalue weighted by atomic mass is 16.6. The summed E-state index contributed by atoms with van der Waals surface area (Å²) in [6.45, 7) is 0. The molecule has 1 saturated heterocycles. The minimum absolute atomic E-state index is 0.283. The minimum Gasteiger partial charge on any atom is -0.457 e. The number of nitrogens with zero attached hydrogens (tertiary/aromatic N) is 3. The number of ether oxygens (including phenoxy) is 1. The second-order valence-electron chi connectivity index (χ2n) is 3.29. The van der Waals surface area contributed by atoms with Crippen LogP contribution in [0.1, 0.15) is 18.1 Å². The van der Waals surface area contributed by atoms with Gasteiger partial charge in [-0.3, -0.25) is 4.79 Å². The van der Waals surface area contributed by atoms with Crippen molar-refractivity contribution >= 4 is 5.97 Å². The number of azide groups is 1. The number of carbonyl (C=O) groups excluding carboxylic acids is 1. The highest BCUT2D eigenvalue weighted by Gasteiger charge is 2.34. The molecule has 0 unspecified atom stereocenters. The Morgan fingerprint density at radius 2 is 2.13 bits per heavy atom. The fourth-order valence-electron chi connectivity index (χ4n) is 1.59. The molecule has 1 aromatic carbocycles. The predicted octanol–water partition coefficient (Wildman–Crippen LogP) is 2.35. The van der Waals surface area contributed by atoms with Gasteiger partial charge in [0.1, 0.15) is 12.1 Å². The summed E-state index contributed by atoms with van der Waals surface area (Å²) in [6.07, 6.45) is 0.140. The van der Waals surface area contributed by atoms with E-state index in [-0.39, 0.29) is 6.10 Å². The second kappa shape index (κ2) is 4.02. The van der Waals surface area contributed by atoms with Crippen LogP contribution in [-0.2, 0) is 9.53 Å². The van der Waals surface area contributed by atoms with Crippen LogP contribution in [0, 0.1) is 0 Å². The van der Waals surface area contributed by atoms with Crippen LogP contribution in [0.3, 0.4) is 0 Å². The number of cyclic esters (lactones) is 1. The quantitative estimate of drug-likeness (QED) is 0.320. The highest BCUT2D eigenvalue weighted by molar-refractivity contribution is 5.78. The van der Waals surface area contributed by atoms with E-state index in [9.17, 15) is 4.79 Å². The number of rotatable bonds is 2. The van der Waals surface area contributed by atoms with Crippen LogP contribution in [0.25, 0.3) is 10.4 Å². The topological polar surface area (TPSA) is 75.1 Å². The van der Waals surface area contributed by atoms with Gasteiger partial charge in [-0.1, -0.05) is 35.4 Å². The maximum absolute atomic E-state index is 11.3. The van der Waals surface area contributed by atoms with Gasteiger partial charge in [-0.25, -0.2) is 0 Å². The molecule has 0 N–H and O–H groups in total. The molecule has 0 amide bonds. The third-order valence-corrected chi connectivity index (χ3v) is 2.33. The highest BCUT2D eigenvalue weighted by Crippen LogP contribution is 2.30. The standard InChI is InChI=1S/C10H9N3O2/c11-13-12-8-6-9(15-10(8)14)7-4-2-1-3-5-7/h1-5,8-9H,6H2/t8-,9+/m0/s1. The van der Waals surface area contributed by atoms with Crippen molar-refractivity contribution in [2.24, 2.45) is 5.11 Å². The van der Waals surface area contributed by atoms with Crippen molar-refractivity contribution in [1.82, 2.24) is 0 Å². The Bertz CT molecular complexity index is 412. The third kappa shape index (κ3) is 1.92. The van der Waals surface area contributed by atoms with Crippen molar-refractivity contribution in [3.05, 3.63) is 46.3 Å². The molecule has 0 aliphatic carbocycles. The second-order valence-corrected chi connectivity index (χ2v) is 3.29. The lowest BCUT2D eigenvalue weighted by molar-refractivity contribution is -0.142. The molecule has 1 heterocycles. The Kier molecular flexibility index (Phi) is 2.56. The molecular weight excluding hydrogens is 194 g/mol. The average molecular weight is 203 g/mol. The SMILES string of the molecule is [N-]=[N+]=N[C@H]1C[C@H](c2ccccc2)OC1=O. The summed E-state index contributed by atoms with van der Waals surface area (Å²) in [7, 11) is 0. The van der Waals surface area contributed by atoms with Crippen LogP contribution in [-0.4, -0.2) is 12.0 Å². The Morgan fingerprint density at radius 1 is 1.40 bits per heavy atom. The monoisotopic (exact) mass is 203 g/mol. The van der Waals surface area contributed by atoms with Gasteiger partial charge >= 0.3 is 5.97 Å². The van der Waals surface area contributed by atoms with Gasteiger partial charge in [0.25, 0.3) is 0 Å². The summed E-state index contributed by atoms with van der Waals surface area (Å²) in [6, 6.07) is 8.74. The van der Waals surface area contributed by atoms with Gasteiger partial charge in [0.15, 0.2) is 0 Å². The fraction of sp³-hybridized carbons (Fsp3) is 0.300. The first-order valence-corrected chi connectivity index (χ1v) is 4.61. The Balaban J connectivity index is 2.16. The number of hydrogen-bond donors (Lipinski definition) is 0. The van der Waals surface area contributed by atoms with Crippen LogP contribution < -0.4 is 0 Å². The van der Waals surface area contributed by atoms with E-state index in [1.54, 1.807) is 0 Å². The van der Waals surface area contributed by atoms with E-state index >= 15 is 0 Å². The van der Waals surface area contributed by atoms with Crippen LogP contribution in [0.5, 0.6) is 0 Å². The van der Waals surface area contributed by atoms with Crippen molar-refractivity contribution in [1.29, 1.82) is 0 Å². The van der Waals surface area contributed by atoms with Gasteiger partial charge in [-0.15, -0.1) is 0 Å². The normalized spacial score (nSPS) is 24.4. The first-order chi connectivity index (χ1) is 7.31. The van der Waals surface area contributed by atoms with E-state index in [0.717, 1.165) is 5.56 Å². The lowest BCUT2D eigenvalue weighted by atomic mass is 10.1. The molecule has 0 saturated carbocycles. The molecule has 5 nitrogen and oxygen atoms in total. The maximum atomic E-state index is 11.3. The molecule has 2 atom stereocenters. The Hall–Kier alpha value is -2.00. The van der Waals surface area contributed by atoms with E-state index in [1.165, 1.54) is 0 Å². The molecule has 1 aliphatic rings. The largest absolute Gasteiger partial charge is 0.457 e. The van der Waals surface area contributed by atoms with Gasteiger partial charge in [-0.05, 0) is 11.1 Å². The van der Waals surface area contributed by atoms with Crippen molar-refractivity contribution in [2.45, 2.75) is 18.6 Å². The predicted molar refractivity (Wildman–Crippen MR) is 52.8 cm³/mol. The van der Waals surface area contributed by atoms with E-state index < -0.39 is 12.0 Å². The fourth-order valence-corrected chi connectivity index (χ4v) is 1.59. The van der Waals surface area contributed by atoms with E-state index in [0.29, 0.717) is 6.42 Å². The molecule has 0 aromatic heterocycles. The summed E-state index contributed by atoms with van der Waals surface area (Å²) >= 11 is 0. The average Bonchev–Trinajstić information content (AvgIpc) is 2.63. The molecule has 1 aromatic rings. The lowest BCUT2D eigenvalue weighted by Gasteiger charge is -2.07. The molecule has 0 spiro atoms. The third-order valence-electron chi connectivity index (χ3n) is 2.33. The summed E-state index contributed by atoms with van der Waals surface area (Å²) < 4.78 is 5.11. The van der Waals surface area contributed by atoms with Crippen LogP contribution in [0.2, 0.25) is 0 Å². The van der Waals surface area contributed by atoms with Crippen LogP contribution >= 0.6 is 0 Å². The van der Waals surface area contributed by atoms with Crippen LogP contribution in [0.15, 0.2) is 35.4 Å². The number of hydrogen-bond acceptors (Lipinski definition) is 3. The molecule has 1 aliphatic heterocycles. The zero-order valence-electron chi connectivity index (χ0n) is 7.91. The van der Waals surface area contributed by atoms with Crippen molar-refractivity contribution in [3.8, 4) is 0 Å². The smallest absolute Gasteiger partial charge is 0.315 e. The molecule has 5 heteroatoms. The van der Waals surface area contributed by atoms with Gasteiger partial charge in [0.05, 0.1) is 0 Å². The van der Waals surface area contributed by atoms with E-state index in [4.69, 9.17) is 10.3 Å². The zero-order valence-corrected chi connectivity index (χ0v) is 7.91. The van der Waals surface area contributed by atoms with Crippen molar-refractivity contribution in [3.63, 3.8) is 0 Å². The first kappa shape index (κ1) is 9.55. The molecule has 0 bridgehead atoms. The number of benzene rings is 1. The molecular formula is C10H9N3O2. The van der Waals surface area contributed by atoms with E-state index in [1.807, 2.05) is 30.3 Å². The van der Waals surface area contributed by atoms with Gasteiger partial charge in [0.2, 0.25) is 0 Å². The van der Waals surface area contributed by atoms with Crippen molar-refractivity contribution in [2.75, 3.05) is 0 Å². The maximum Gasteiger partial charge on any atom is 0.315 e. The van der Waals surface area contributed by atoms with E-state index in [2.05, 4.69) is 10.0 Å². The van der Waals surface area contributed by atoms with Gasteiger partial charge in [-0.2, -0.15) is 0 Å². The van der Waals surface area contributed by atoms with Gasteiger partial charge in [0, 0.05) is 11.3 Å². The van der Waals surface area contributed by atoms with Crippen LogP contribution in [0.4, 0.5) is 0 Å². The van der Waals surface area contributed by atoms with Crippen molar-refractivity contribution < 1.29 is 9.53 Å². The summed E-state index contributed by atoms with van der Waals surface area (Å²) in [5.74, 6) is -0.443. The molecule has 2 rings (SSSR count). The summed E-state index contributed by atoms with van der Waals surface area (Å²) in [5.41, 5.74) is 9.18. The molecule has 15 heavy (non-hydrogen) atoms. The molecule has 0 radical (unpaired) electrons. The Morgan fingerprint density at radius 3 is 2.80 bits per heavy atom. The summed E-state index contributed by atoms with van der Waals surface area (Å²) in [4.78, 5) is 13.9. The summed E-state index contributed by atoms with van der Waals surface area (Å²) in [5, 5.41) is 3.39. The first-order valence-electron chi connectivity index (χ1n) is 4.61. The lowest BCUT2D eigenvalue weighted by Crippen LogP contribution is -2.09. The molecule has 76 valence electrons. The molecule has 1 fully saturated rings. The number of carbonyl (C=O) groups is 1. The Labute approximate surface area is 86.3 Å². The van der Waals surface area contributed by atoms with Gasteiger partial charge < -0.3 is 4.74 Å². The number of esters is 1. The minimum atomic E-state index is -0.680. The zero-order chi connectivity index (χ0) is 10.7.